The fourth-order valence-electron chi connectivity index (χ4n) is 1.46. The van der Waals surface area contributed by atoms with Crippen LogP contribution < -0.4 is 10.1 Å². The van der Waals surface area contributed by atoms with Gasteiger partial charge < -0.3 is 10.1 Å². The molecule has 2 rings (SSSR count). The SMILES string of the molecule is COc1cc(CNc2ccc(C)nn2)nn1C. The summed E-state index contributed by atoms with van der Waals surface area (Å²) < 4.78 is 6.83. The van der Waals surface area contributed by atoms with E-state index >= 15 is 0 Å². The van der Waals surface area contributed by atoms with Crippen molar-refractivity contribution in [1.82, 2.24) is 20.0 Å². The largest absolute Gasteiger partial charge is 0.481 e. The van der Waals surface area contributed by atoms with Crippen molar-refractivity contribution in [2.24, 2.45) is 7.05 Å². The Bertz CT molecular complexity index is 491. The molecule has 2 aromatic rings. The topological polar surface area (TPSA) is 64.9 Å². The highest BCUT2D eigenvalue weighted by Gasteiger charge is 2.04. The van der Waals surface area contributed by atoms with Crippen LogP contribution in [0.1, 0.15) is 11.4 Å². The summed E-state index contributed by atoms with van der Waals surface area (Å²) >= 11 is 0. The van der Waals surface area contributed by atoms with Crippen LogP contribution in [-0.4, -0.2) is 27.1 Å². The van der Waals surface area contributed by atoms with Crippen LogP contribution >= 0.6 is 0 Å². The molecule has 0 bridgehead atoms. The van der Waals surface area contributed by atoms with Gasteiger partial charge >= 0.3 is 0 Å². The number of ether oxygens (including phenoxy) is 1. The molecule has 2 aromatic heterocycles. The van der Waals surface area contributed by atoms with Gasteiger partial charge in [0, 0.05) is 13.1 Å². The summed E-state index contributed by atoms with van der Waals surface area (Å²) in [5, 5.41) is 15.4. The third kappa shape index (κ3) is 2.72. The van der Waals surface area contributed by atoms with Crippen LogP contribution in [0.3, 0.4) is 0 Å². The van der Waals surface area contributed by atoms with E-state index in [9.17, 15) is 0 Å². The monoisotopic (exact) mass is 233 g/mol. The molecule has 6 heteroatoms. The van der Waals surface area contributed by atoms with Gasteiger partial charge in [-0.3, -0.25) is 0 Å². The molecule has 6 nitrogen and oxygen atoms in total. The van der Waals surface area contributed by atoms with Crippen LogP contribution in [0.4, 0.5) is 5.82 Å². The maximum absolute atomic E-state index is 5.14. The van der Waals surface area contributed by atoms with Gasteiger partial charge in [-0.2, -0.15) is 10.2 Å². The third-order valence-electron chi connectivity index (χ3n) is 2.35. The molecule has 0 spiro atoms. The molecule has 1 N–H and O–H groups in total. The molecule has 0 saturated carbocycles. The molecule has 0 saturated heterocycles. The van der Waals surface area contributed by atoms with E-state index in [1.165, 1.54) is 0 Å². The second-order valence-corrected chi connectivity index (χ2v) is 3.72. The maximum Gasteiger partial charge on any atom is 0.211 e. The molecular weight excluding hydrogens is 218 g/mol. The van der Waals surface area contributed by atoms with Crippen molar-refractivity contribution in [3.63, 3.8) is 0 Å². The number of nitrogens with zero attached hydrogens (tertiary/aromatic N) is 4. The first-order valence-corrected chi connectivity index (χ1v) is 5.30. The second-order valence-electron chi connectivity index (χ2n) is 3.72. The van der Waals surface area contributed by atoms with Crippen molar-refractivity contribution in [2.45, 2.75) is 13.5 Å². The van der Waals surface area contributed by atoms with Crippen molar-refractivity contribution in [2.75, 3.05) is 12.4 Å². The van der Waals surface area contributed by atoms with Crippen LogP contribution in [-0.2, 0) is 13.6 Å². The zero-order valence-electron chi connectivity index (χ0n) is 10.1. The lowest BCUT2D eigenvalue weighted by Gasteiger charge is -2.01. The van der Waals surface area contributed by atoms with Gasteiger partial charge in [-0.25, -0.2) is 4.68 Å². The fourth-order valence-corrected chi connectivity index (χ4v) is 1.46. The zero-order valence-corrected chi connectivity index (χ0v) is 10.1. The summed E-state index contributed by atoms with van der Waals surface area (Å²) in [4.78, 5) is 0. The molecule has 0 atom stereocenters. The first-order chi connectivity index (χ1) is 8.19. The van der Waals surface area contributed by atoms with E-state index in [1.807, 2.05) is 32.2 Å². The summed E-state index contributed by atoms with van der Waals surface area (Å²) in [6.07, 6.45) is 0. The summed E-state index contributed by atoms with van der Waals surface area (Å²) in [7, 11) is 3.47. The van der Waals surface area contributed by atoms with Crippen molar-refractivity contribution in [3.05, 3.63) is 29.6 Å². The normalized spacial score (nSPS) is 10.3. The Balaban J connectivity index is 1.99. The Morgan fingerprint density at radius 1 is 1.35 bits per heavy atom. The Morgan fingerprint density at radius 3 is 2.76 bits per heavy atom. The van der Waals surface area contributed by atoms with Gasteiger partial charge in [0.25, 0.3) is 0 Å². The van der Waals surface area contributed by atoms with Gasteiger partial charge in [-0.05, 0) is 19.1 Å². The number of aromatic nitrogens is 4. The van der Waals surface area contributed by atoms with E-state index in [2.05, 4.69) is 20.6 Å². The van der Waals surface area contributed by atoms with Crippen molar-refractivity contribution in [1.29, 1.82) is 0 Å². The third-order valence-corrected chi connectivity index (χ3v) is 2.35. The molecule has 0 fully saturated rings. The van der Waals surface area contributed by atoms with Gasteiger partial charge in [0.2, 0.25) is 5.88 Å². The highest BCUT2D eigenvalue weighted by molar-refractivity contribution is 5.33. The second kappa shape index (κ2) is 4.82. The van der Waals surface area contributed by atoms with E-state index in [1.54, 1.807) is 11.8 Å². The average Bonchev–Trinajstić information content (AvgIpc) is 2.69. The molecule has 2 heterocycles. The molecule has 17 heavy (non-hydrogen) atoms. The summed E-state index contributed by atoms with van der Waals surface area (Å²) in [6.45, 7) is 2.50. The van der Waals surface area contributed by atoms with E-state index in [0.717, 1.165) is 23.1 Å². The van der Waals surface area contributed by atoms with Crippen molar-refractivity contribution >= 4 is 5.82 Å². The van der Waals surface area contributed by atoms with Crippen LogP contribution in [0.25, 0.3) is 0 Å². The summed E-state index contributed by atoms with van der Waals surface area (Å²) in [5.41, 5.74) is 1.79. The number of hydrogen-bond acceptors (Lipinski definition) is 5. The number of hydrogen-bond donors (Lipinski definition) is 1. The number of aryl methyl sites for hydroxylation is 2. The fraction of sp³-hybridized carbons (Fsp3) is 0.364. The predicted octanol–water partition coefficient (Wildman–Crippen LogP) is 1.14. The Labute approximate surface area is 99.6 Å². The van der Waals surface area contributed by atoms with E-state index in [0.29, 0.717) is 6.54 Å². The average molecular weight is 233 g/mol. The summed E-state index contributed by atoms with van der Waals surface area (Å²) in [6, 6.07) is 5.69. The first-order valence-electron chi connectivity index (χ1n) is 5.30. The Morgan fingerprint density at radius 2 is 2.18 bits per heavy atom. The number of nitrogens with one attached hydrogen (secondary N) is 1. The van der Waals surface area contributed by atoms with Gasteiger partial charge in [0.05, 0.1) is 25.0 Å². The molecular formula is C11H15N5O. The first kappa shape index (κ1) is 11.4. The van der Waals surface area contributed by atoms with Crippen LogP contribution in [0.15, 0.2) is 18.2 Å². The quantitative estimate of drug-likeness (QED) is 0.857. The smallest absolute Gasteiger partial charge is 0.211 e. The Kier molecular flexibility index (Phi) is 3.22. The number of rotatable bonds is 4. The number of anilines is 1. The van der Waals surface area contributed by atoms with E-state index in [-0.39, 0.29) is 0 Å². The molecule has 0 aliphatic rings. The molecule has 0 aromatic carbocycles. The number of methoxy groups -OCH3 is 1. The van der Waals surface area contributed by atoms with Gasteiger partial charge in [0.15, 0.2) is 0 Å². The highest BCUT2D eigenvalue weighted by Crippen LogP contribution is 2.12. The molecule has 0 radical (unpaired) electrons. The lowest BCUT2D eigenvalue weighted by atomic mass is 10.4. The van der Waals surface area contributed by atoms with Gasteiger partial charge in [0.1, 0.15) is 5.82 Å². The van der Waals surface area contributed by atoms with Crippen molar-refractivity contribution in [3.8, 4) is 5.88 Å². The van der Waals surface area contributed by atoms with Crippen molar-refractivity contribution < 1.29 is 4.74 Å². The van der Waals surface area contributed by atoms with Gasteiger partial charge in [-0.1, -0.05) is 0 Å². The molecule has 0 unspecified atom stereocenters. The molecule has 0 amide bonds. The maximum atomic E-state index is 5.14. The Hall–Kier alpha value is -2.11. The molecule has 0 aliphatic carbocycles. The molecule has 0 aliphatic heterocycles. The van der Waals surface area contributed by atoms with Gasteiger partial charge in [-0.15, -0.1) is 5.10 Å². The lowest BCUT2D eigenvalue weighted by Crippen LogP contribution is -2.03. The van der Waals surface area contributed by atoms with Crippen LogP contribution in [0.5, 0.6) is 5.88 Å². The molecule has 90 valence electrons. The lowest BCUT2D eigenvalue weighted by molar-refractivity contribution is 0.373. The van der Waals surface area contributed by atoms with Crippen LogP contribution in [0, 0.1) is 6.92 Å². The predicted molar refractivity (Wildman–Crippen MR) is 63.9 cm³/mol. The van der Waals surface area contributed by atoms with Crippen LogP contribution in [0.2, 0.25) is 0 Å². The zero-order chi connectivity index (χ0) is 12.3. The van der Waals surface area contributed by atoms with E-state index < -0.39 is 0 Å². The minimum atomic E-state index is 0.592. The highest BCUT2D eigenvalue weighted by atomic mass is 16.5. The van der Waals surface area contributed by atoms with E-state index in [4.69, 9.17) is 4.74 Å². The minimum absolute atomic E-state index is 0.592. The summed E-state index contributed by atoms with van der Waals surface area (Å²) in [5.74, 6) is 1.47. The standard InChI is InChI=1S/C11H15N5O/c1-8-4-5-10(14-13-8)12-7-9-6-11(17-3)16(2)15-9/h4-6H,7H2,1-3H3,(H,12,14). The minimum Gasteiger partial charge on any atom is -0.481 e.